The molecular formula is C17H23N5O4S2. The van der Waals surface area contributed by atoms with E-state index in [-0.39, 0.29) is 22.4 Å². The molecule has 1 aromatic heterocycles. The number of hydrogen-bond donors (Lipinski definition) is 1. The van der Waals surface area contributed by atoms with Crippen molar-refractivity contribution >= 4 is 27.5 Å². The van der Waals surface area contributed by atoms with Gasteiger partial charge in [0.1, 0.15) is 5.82 Å². The van der Waals surface area contributed by atoms with E-state index >= 15 is 0 Å². The van der Waals surface area contributed by atoms with E-state index in [9.17, 15) is 18.5 Å². The van der Waals surface area contributed by atoms with Gasteiger partial charge in [-0.05, 0) is 42.2 Å². The van der Waals surface area contributed by atoms with Gasteiger partial charge in [0.25, 0.3) is 5.69 Å². The monoisotopic (exact) mass is 425 g/mol. The van der Waals surface area contributed by atoms with Crippen molar-refractivity contribution in [2.75, 3.05) is 13.1 Å². The van der Waals surface area contributed by atoms with Crippen molar-refractivity contribution in [3.8, 4) is 0 Å². The van der Waals surface area contributed by atoms with Crippen LogP contribution < -0.4 is 0 Å². The fourth-order valence-electron chi connectivity index (χ4n) is 3.42. The minimum atomic E-state index is -3.79. The van der Waals surface area contributed by atoms with Crippen LogP contribution >= 0.6 is 11.8 Å². The summed E-state index contributed by atoms with van der Waals surface area (Å²) in [7, 11) is -3.79. The summed E-state index contributed by atoms with van der Waals surface area (Å²) in [6, 6.07) is 4.01. The van der Waals surface area contributed by atoms with Gasteiger partial charge in [0.2, 0.25) is 15.2 Å². The van der Waals surface area contributed by atoms with Crippen LogP contribution in [0.15, 0.2) is 33.1 Å². The number of sulfonamides is 1. The third-order valence-corrected chi connectivity index (χ3v) is 7.41. The van der Waals surface area contributed by atoms with E-state index in [1.807, 2.05) is 20.8 Å². The molecule has 1 aliphatic rings. The number of aromatic amines is 1. The number of rotatable bonds is 6. The van der Waals surface area contributed by atoms with Gasteiger partial charge < -0.3 is 0 Å². The number of aromatic nitrogens is 3. The Kier molecular flexibility index (Phi) is 6.06. The molecule has 1 aromatic carbocycles. The molecule has 152 valence electrons. The number of nitro groups is 1. The highest BCUT2D eigenvalue weighted by molar-refractivity contribution is 7.99. The number of nitrogens with zero attached hydrogens (tertiary/aromatic N) is 4. The van der Waals surface area contributed by atoms with Gasteiger partial charge in [-0.3, -0.25) is 15.2 Å². The number of H-pyrrole nitrogens is 1. The average molecular weight is 426 g/mol. The van der Waals surface area contributed by atoms with E-state index in [1.165, 1.54) is 16.4 Å². The molecular weight excluding hydrogens is 402 g/mol. The first-order valence-electron chi connectivity index (χ1n) is 9.08. The van der Waals surface area contributed by atoms with Crippen molar-refractivity contribution < 1.29 is 13.3 Å². The number of nitrogens with one attached hydrogen (secondary N) is 1. The van der Waals surface area contributed by atoms with Gasteiger partial charge >= 0.3 is 0 Å². The SMILES string of the molecule is CCc1nc(Sc2ccc(S(=O)(=O)N3CC(C)CC(C)C3)cc2[N+](=O)[O-])n[nH]1. The van der Waals surface area contributed by atoms with Crippen LogP contribution in [-0.4, -0.2) is 45.9 Å². The van der Waals surface area contributed by atoms with E-state index in [2.05, 4.69) is 15.2 Å². The van der Waals surface area contributed by atoms with Crippen molar-refractivity contribution in [2.24, 2.45) is 11.8 Å². The smallest absolute Gasteiger partial charge is 0.262 e. The van der Waals surface area contributed by atoms with Crippen LogP contribution in [-0.2, 0) is 16.4 Å². The molecule has 2 atom stereocenters. The predicted octanol–water partition coefficient (Wildman–Crippen LogP) is 3.09. The summed E-state index contributed by atoms with van der Waals surface area (Å²) >= 11 is 1.03. The first kappa shape index (κ1) is 20.7. The Morgan fingerprint density at radius 2 is 2.00 bits per heavy atom. The summed E-state index contributed by atoms with van der Waals surface area (Å²) in [5, 5.41) is 18.7. The van der Waals surface area contributed by atoms with Gasteiger partial charge in [0.15, 0.2) is 0 Å². The lowest BCUT2D eigenvalue weighted by Crippen LogP contribution is -2.42. The van der Waals surface area contributed by atoms with E-state index in [1.54, 1.807) is 0 Å². The number of benzene rings is 1. The molecule has 0 saturated carbocycles. The largest absolute Gasteiger partial charge is 0.284 e. The maximum atomic E-state index is 13.0. The molecule has 11 heteroatoms. The number of piperidine rings is 1. The van der Waals surface area contributed by atoms with Crippen molar-refractivity contribution in [2.45, 2.75) is 48.6 Å². The Labute approximate surface area is 168 Å². The molecule has 0 radical (unpaired) electrons. The van der Waals surface area contributed by atoms with Gasteiger partial charge in [-0.1, -0.05) is 20.8 Å². The zero-order valence-electron chi connectivity index (χ0n) is 16.0. The van der Waals surface area contributed by atoms with Gasteiger partial charge in [-0.2, -0.15) is 4.31 Å². The Balaban J connectivity index is 1.92. The lowest BCUT2D eigenvalue weighted by molar-refractivity contribution is -0.388. The molecule has 0 amide bonds. The molecule has 0 spiro atoms. The fraction of sp³-hybridized carbons (Fsp3) is 0.529. The normalized spacial score (nSPS) is 21.0. The Morgan fingerprint density at radius 1 is 1.32 bits per heavy atom. The van der Waals surface area contributed by atoms with Crippen LogP contribution in [0, 0.1) is 22.0 Å². The van der Waals surface area contributed by atoms with Gasteiger partial charge in [0, 0.05) is 25.6 Å². The standard InChI is InChI=1S/C17H23N5O4S2/c1-4-16-18-17(20-19-16)27-15-6-5-13(8-14(15)22(23)24)28(25,26)21-9-11(2)7-12(3)10-21/h5-6,8,11-12H,4,7,9-10H2,1-3H3,(H,18,19,20). The summed E-state index contributed by atoms with van der Waals surface area (Å²) < 4.78 is 27.5. The Bertz CT molecular complexity index is 966. The molecule has 2 aromatic rings. The average Bonchev–Trinajstić information content (AvgIpc) is 3.08. The summed E-state index contributed by atoms with van der Waals surface area (Å²) in [6.07, 6.45) is 1.64. The maximum absolute atomic E-state index is 13.0. The second-order valence-electron chi connectivity index (χ2n) is 7.18. The second kappa shape index (κ2) is 8.18. The second-order valence-corrected chi connectivity index (χ2v) is 10.1. The molecule has 9 nitrogen and oxygen atoms in total. The summed E-state index contributed by atoms with van der Waals surface area (Å²) in [5.74, 6) is 1.18. The highest BCUT2D eigenvalue weighted by atomic mass is 32.2. The first-order valence-corrected chi connectivity index (χ1v) is 11.3. The quantitative estimate of drug-likeness (QED) is 0.557. The van der Waals surface area contributed by atoms with E-state index in [0.717, 1.165) is 24.2 Å². The van der Waals surface area contributed by atoms with Gasteiger partial charge in [-0.25, -0.2) is 13.4 Å². The van der Waals surface area contributed by atoms with Crippen LogP contribution in [0.25, 0.3) is 0 Å². The predicted molar refractivity (Wildman–Crippen MR) is 105 cm³/mol. The number of nitro benzene ring substituents is 1. The van der Waals surface area contributed by atoms with E-state index in [0.29, 0.717) is 35.4 Å². The molecule has 2 heterocycles. The van der Waals surface area contributed by atoms with Crippen molar-refractivity contribution in [1.29, 1.82) is 0 Å². The lowest BCUT2D eigenvalue weighted by Gasteiger charge is -2.34. The molecule has 1 fully saturated rings. The molecule has 1 aliphatic heterocycles. The summed E-state index contributed by atoms with van der Waals surface area (Å²) in [4.78, 5) is 15.5. The van der Waals surface area contributed by atoms with Crippen molar-refractivity contribution in [3.63, 3.8) is 0 Å². The Morgan fingerprint density at radius 3 is 2.57 bits per heavy atom. The number of aryl methyl sites for hydroxylation is 1. The van der Waals surface area contributed by atoms with E-state index in [4.69, 9.17) is 0 Å². The number of hydrogen-bond acceptors (Lipinski definition) is 7. The van der Waals surface area contributed by atoms with Gasteiger partial charge in [-0.15, -0.1) is 5.10 Å². The zero-order valence-corrected chi connectivity index (χ0v) is 17.6. The Hall–Kier alpha value is -1.98. The van der Waals surface area contributed by atoms with E-state index < -0.39 is 14.9 Å². The third kappa shape index (κ3) is 4.36. The molecule has 1 N–H and O–H groups in total. The molecule has 2 unspecified atom stereocenters. The van der Waals surface area contributed by atoms with Gasteiger partial charge in [0.05, 0.1) is 14.7 Å². The van der Waals surface area contributed by atoms with Crippen LogP contribution in [0.5, 0.6) is 0 Å². The lowest BCUT2D eigenvalue weighted by atomic mass is 9.94. The third-order valence-electron chi connectivity index (χ3n) is 4.65. The topological polar surface area (TPSA) is 122 Å². The van der Waals surface area contributed by atoms with Crippen LogP contribution in [0.4, 0.5) is 5.69 Å². The molecule has 28 heavy (non-hydrogen) atoms. The highest BCUT2D eigenvalue weighted by Gasteiger charge is 2.33. The van der Waals surface area contributed by atoms with Crippen LogP contribution in [0.2, 0.25) is 0 Å². The molecule has 1 saturated heterocycles. The molecule has 0 aliphatic carbocycles. The summed E-state index contributed by atoms with van der Waals surface area (Å²) in [6.45, 7) is 6.80. The zero-order chi connectivity index (χ0) is 20.5. The minimum absolute atomic E-state index is 0.0610. The highest BCUT2D eigenvalue weighted by Crippen LogP contribution is 2.36. The molecule has 0 bridgehead atoms. The maximum Gasteiger partial charge on any atom is 0.284 e. The van der Waals surface area contributed by atoms with Crippen LogP contribution in [0.1, 0.15) is 33.0 Å². The summed E-state index contributed by atoms with van der Waals surface area (Å²) in [5.41, 5.74) is -0.271. The van der Waals surface area contributed by atoms with Crippen LogP contribution in [0.3, 0.4) is 0 Å². The molecule has 3 rings (SSSR count). The van der Waals surface area contributed by atoms with Crippen molar-refractivity contribution in [1.82, 2.24) is 19.5 Å². The minimum Gasteiger partial charge on any atom is -0.262 e. The van der Waals surface area contributed by atoms with Crippen molar-refractivity contribution in [3.05, 3.63) is 34.1 Å². The first-order chi connectivity index (χ1) is 13.2. The fourth-order valence-corrected chi connectivity index (χ4v) is 5.94.